The fourth-order valence-corrected chi connectivity index (χ4v) is 2.90. The molecule has 0 saturated heterocycles. The highest BCUT2D eigenvalue weighted by Gasteiger charge is 2.31. The van der Waals surface area contributed by atoms with Crippen molar-refractivity contribution in [2.75, 3.05) is 8.69 Å². The van der Waals surface area contributed by atoms with Crippen LogP contribution in [0.2, 0.25) is 0 Å². The van der Waals surface area contributed by atoms with Crippen LogP contribution >= 0.6 is 32.3 Å². The van der Waals surface area contributed by atoms with Gasteiger partial charge in [-0.25, -0.2) is 0 Å². The Kier molecular flexibility index (Phi) is 3.35. The first-order valence-corrected chi connectivity index (χ1v) is 7.35. The van der Waals surface area contributed by atoms with Crippen LogP contribution in [0.4, 0.5) is 11.4 Å². The van der Waals surface area contributed by atoms with E-state index in [2.05, 4.69) is 41.0 Å². The zero-order valence-electron chi connectivity index (χ0n) is 10.0. The number of carbonyl (C=O) groups is 2. The topological polar surface area (TPSA) is 58.2 Å². The third kappa shape index (κ3) is 1.87. The smallest absolute Gasteiger partial charge is 0.196 e. The first kappa shape index (κ1) is 13.3. The molecule has 1 aliphatic rings. The minimum absolute atomic E-state index is 0.149. The molecule has 0 spiro atoms. The highest BCUT2D eigenvalue weighted by Crippen LogP contribution is 2.35. The number of ketones is 2. The van der Waals surface area contributed by atoms with Crippen molar-refractivity contribution in [3.63, 3.8) is 0 Å². The van der Waals surface area contributed by atoms with Crippen molar-refractivity contribution >= 4 is 55.2 Å². The molecular formula is C14H8Br2N2O2. The van der Waals surface area contributed by atoms with Gasteiger partial charge in [0.25, 0.3) is 0 Å². The van der Waals surface area contributed by atoms with Crippen LogP contribution in [-0.4, -0.2) is 11.6 Å². The van der Waals surface area contributed by atoms with E-state index in [1.54, 1.807) is 36.4 Å². The molecule has 0 radical (unpaired) electrons. The molecule has 3 rings (SSSR count). The third-order valence-corrected chi connectivity index (χ3v) is 4.12. The minimum atomic E-state index is -0.154. The lowest BCUT2D eigenvalue weighted by atomic mass is 9.83. The first-order chi connectivity index (χ1) is 9.67. The van der Waals surface area contributed by atoms with E-state index in [9.17, 15) is 9.59 Å². The van der Waals surface area contributed by atoms with Crippen LogP contribution in [0.25, 0.3) is 0 Å². The molecule has 4 nitrogen and oxygen atoms in total. The quantitative estimate of drug-likeness (QED) is 0.646. The van der Waals surface area contributed by atoms with Gasteiger partial charge in [-0.2, -0.15) is 0 Å². The van der Waals surface area contributed by atoms with Gasteiger partial charge in [-0.05, 0) is 12.1 Å². The summed E-state index contributed by atoms with van der Waals surface area (Å²) in [5.41, 5.74) is 2.89. The van der Waals surface area contributed by atoms with Gasteiger partial charge in [-0.15, -0.1) is 0 Å². The van der Waals surface area contributed by atoms with Crippen LogP contribution in [0, 0.1) is 0 Å². The van der Waals surface area contributed by atoms with Gasteiger partial charge in [0, 0.05) is 54.7 Å². The van der Waals surface area contributed by atoms with Crippen LogP contribution in [0.3, 0.4) is 0 Å². The molecule has 0 saturated carbocycles. The van der Waals surface area contributed by atoms with E-state index in [1.165, 1.54) is 0 Å². The Hall–Kier alpha value is -1.66. The summed E-state index contributed by atoms with van der Waals surface area (Å²) >= 11 is 6.26. The van der Waals surface area contributed by atoms with Crippen LogP contribution < -0.4 is 8.69 Å². The summed E-state index contributed by atoms with van der Waals surface area (Å²) in [5.74, 6) is -0.304. The maximum Gasteiger partial charge on any atom is 0.196 e. The standard InChI is InChI=1S/C14H8Br2N2O2/c15-17-7-5-10-12(11(6-7)18-16)14(20)9-4-2-1-3-8(9)13(10)19/h1-6,17-18H. The molecule has 0 heterocycles. The van der Waals surface area contributed by atoms with Crippen molar-refractivity contribution in [1.82, 2.24) is 0 Å². The summed E-state index contributed by atoms with van der Waals surface area (Å²) in [7, 11) is 0. The van der Waals surface area contributed by atoms with E-state index in [-0.39, 0.29) is 11.6 Å². The fraction of sp³-hybridized carbons (Fsp3) is 0. The molecule has 2 N–H and O–H groups in total. The van der Waals surface area contributed by atoms with Crippen molar-refractivity contribution in [1.29, 1.82) is 0 Å². The third-order valence-electron chi connectivity index (χ3n) is 3.24. The maximum atomic E-state index is 12.6. The van der Waals surface area contributed by atoms with Gasteiger partial charge in [-0.3, -0.25) is 9.59 Å². The molecule has 6 heteroatoms. The lowest BCUT2D eigenvalue weighted by Gasteiger charge is -2.20. The van der Waals surface area contributed by atoms with Gasteiger partial charge in [0.05, 0.1) is 11.3 Å². The summed E-state index contributed by atoms with van der Waals surface area (Å²) in [6.45, 7) is 0. The number of halogens is 2. The SMILES string of the molecule is O=C1c2ccccc2C(=O)c2c(NBr)cc(NBr)cc21. The first-order valence-electron chi connectivity index (χ1n) is 5.77. The predicted molar refractivity (Wildman–Crippen MR) is 84.8 cm³/mol. The van der Waals surface area contributed by atoms with Gasteiger partial charge in [0.15, 0.2) is 11.6 Å². The number of hydrogen-bond acceptors (Lipinski definition) is 4. The lowest BCUT2D eigenvalue weighted by molar-refractivity contribution is 0.0980. The average molecular weight is 396 g/mol. The number of fused-ring (bicyclic) bond motifs is 2. The molecule has 0 unspecified atom stereocenters. The summed E-state index contributed by atoms with van der Waals surface area (Å²) in [4.78, 5) is 25.1. The van der Waals surface area contributed by atoms with E-state index in [0.717, 1.165) is 0 Å². The van der Waals surface area contributed by atoms with E-state index in [0.29, 0.717) is 33.6 Å². The Balaban J connectivity index is 2.32. The molecule has 2 aromatic rings. The van der Waals surface area contributed by atoms with Crippen molar-refractivity contribution in [3.8, 4) is 0 Å². The Labute approximate surface area is 132 Å². The van der Waals surface area contributed by atoms with Gasteiger partial charge in [0.1, 0.15) is 0 Å². The van der Waals surface area contributed by atoms with Crippen LogP contribution in [0.15, 0.2) is 36.4 Å². The number of benzene rings is 2. The Morgan fingerprint density at radius 3 is 2.05 bits per heavy atom. The van der Waals surface area contributed by atoms with Gasteiger partial charge in [-0.1, -0.05) is 24.3 Å². The average Bonchev–Trinajstić information content (AvgIpc) is 2.51. The molecule has 100 valence electrons. The summed E-state index contributed by atoms with van der Waals surface area (Å²) in [6, 6.07) is 10.3. The predicted octanol–water partition coefficient (Wildman–Crippen LogP) is 3.91. The zero-order chi connectivity index (χ0) is 14.3. The number of nitrogens with one attached hydrogen (secondary N) is 2. The van der Waals surface area contributed by atoms with E-state index < -0.39 is 0 Å². The number of carbonyl (C=O) groups excluding carboxylic acids is 2. The van der Waals surface area contributed by atoms with Crippen LogP contribution in [0.5, 0.6) is 0 Å². The van der Waals surface area contributed by atoms with Gasteiger partial charge in [0.2, 0.25) is 0 Å². The Morgan fingerprint density at radius 2 is 1.45 bits per heavy atom. The molecule has 0 atom stereocenters. The second kappa shape index (κ2) is 5.03. The van der Waals surface area contributed by atoms with Gasteiger partial charge < -0.3 is 8.69 Å². The molecule has 1 aliphatic carbocycles. The summed E-state index contributed by atoms with van der Waals surface area (Å²) in [6.07, 6.45) is 0. The maximum absolute atomic E-state index is 12.6. The van der Waals surface area contributed by atoms with Crippen LogP contribution in [0.1, 0.15) is 31.8 Å². The molecule has 0 amide bonds. The van der Waals surface area contributed by atoms with E-state index in [4.69, 9.17) is 0 Å². The highest BCUT2D eigenvalue weighted by molar-refractivity contribution is 9.10. The molecule has 0 aromatic heterocycles. The second-order valence-corrected chi connectivity index (χ2v) is 5.13. The van der Waals surface area contributed by atoms with Crippen molar-refractivity contribution in [2.45, 2.75) is 0 Å². The zero-order valence-corrected chi connectivity index (χ0v) is 13.2. The molecule has 0 bridgehead atoms. The minimum Gasteiger partial charge on any atom is -0.322 e. The largest absolute Gasteiger partial charge is 0.322 e. The molecule has 2 aromatic carbocycles. The molecular weight excluding hydrogens is 388 g/mol. The van der Waals surface area contributed by atoms with Crippen LogP contribution in [-0.2, 0) is 0 Å². The fourth-order valence-electron chi connectivity index (χ4n) is 2.35. The number of hydrogen-bond donors (Lipinski definition) is 2. The molecule has 0 aliphatic heterocycles. The summed E-state index contributed by atoms with van der Waals surface area (Å²) < 4.78 is 5.59. The van der Waals surface area contributed by atoms with E-state index >= 15 is 0 Å². The van der Waals surface area contributed by atoms with Crippen molar-refractivity contribution in [2.24, 2.45) is 0 Å². The molecule has 0 fully saturated rings. The number of anilines is 2. The highest BCUT2D eigenvalue weighted by atomic mass is 79.9. The second-order valence-electron chi connectivity index (χ2n) is 4.34. The Morgan fingerprint density at radius 1 is 0.800 bits per heavy atom. The lowest BCUT2D eigenvalue weighted by Crippen LogP contribution is -2.21. The monoisotopic (exact) mass is 394 g/mol. The van der Waals surface area contributed by atoms with Gasteiger partial charge >= 0.3 is 0 Å². The Bertz CT molecular complexity index is 744. The van der Waals surface area contributed by atoms with Crippen molar-refractivity contribution < 1.29 is 9.59 Å². The van der Waals surface area contributed by atoms with Crippen molar-refractivity contribution in [3.05, 3.63) is 58.7 Å². The number of rotatable bonds is 2. The van der Waals surface area contributed by atoms with E-state index in [1.807, 2.05) is 0 Å². The molecule has 20 heavy (non-hydrogen) atoms. The summed E-state index contributed by atoms with van der Waals surface area (Å²) in [5, 5.41) is 0. The normalized spacial score (nSPS) is 12.7.